The van der Waals surface area contributed by atoms with Crippen LogP contribution in [0.1, 0.15) is 13.8 Å². The van der Waals surface area contributed by atoms with E-state index in [4.69, 9.17) is 11.6 Å². The molecule has 0 aliphatic heterocycles. The van der Waals surface area contributed by atoms with Crippen molar-refractivity contribution < 1.29 is 32.7 Å². The number of aromatic amines is 1. The van der Waals surface area contributed by atoms with Gasteiger partial charge in [0.1, 0.15) is 5.15 Å². The number of pyridine rings is 1. The molecule has 0 spiro atoms. The Hall–Kier alpha value is -0.186. The molecule has 0 aliphatic rings. The van der Waals surface area contributed by atoms with Crippen LogP contribution in [-0.4, -0.2) is 9.97 Å². The summed E-state index contributed by atoms with van der Waals surface area (Å²) in [5.74, 6) is 0. The largest absolute Gasteiger partial charge is 0.423 e. The summed E-state index contributed by atoms with van der Waals surface area (Å²) in [6, 6.07) is 1.54. The van der Waals surface area contributed by atoms with Crippen molar-refractivity contribution in [3.8, 4) is 0 Å². The Morgan fingerprint density at radius 3 is 2.67 bits per heavy atom. The van der Waals surface area contributed by atoms with Gasteiger partial charge in [0, 0.05) is 38.9 Å². The van der Waals surface area contributed by atoms with Gasteiger partial charge in [0.05, 0.1) is 0 Å². The molecule has 81 valence electrons. The number of nitrogens with one attached hydrogen (secondary N) is 1. The predicted molar refractivity (Wildman–Crippen MR) is 58.5 cm³/mol. The summed E-state index contributed by atoms with van der Waals surface area (Å²) in [4.78, 5) is 20.6. The fraction of sp³-hybridized carbons (Fsp3) is 0.222. The van der Waals surface area contributed by atoms with Crippen LogP contribution >= 0.6 is 11.6 Å². The zero-order chi connectivity index (χ0) is 9.84. The molecule has 4 nitrogen and oxygen atoms in total. The van der Waals surface area contributed by atoms with Crippen molar-refractivity contribution in [2.75, 3.05) is 0 Å². The Morgan fingerprint density at radius 1 is 1.47 bits per heavy atom. The Balaban J connectivity index is 0. The van der Waals surface area contributed by atoms with Crippen LogP contribution in [0.4, 0.5) is 0 Å². The van der Waals surface area contributed by atoms with Gasteiger partial charge in [-0.05, 0) is 17.1 Å². The van der Waals surface area contributed by atoms with Gasteiger partial charge < -0.3 is 17.4 Å². The summed E-state index contributed by atoms with van der Waals surface area (Å²) in [6.07, 6.45) is 1.48. The van der Waals surface area contributed by atoms with Crippen molar-refractivity contribution in [2.24, 2.45) is 0 Å². The normalized spacial score (nSPS) is 8.20. The monoisotopic (exact) mass is 302 g/mol. The molecule has 2 aromatic heterocycles. The molecule has 2 heterocycles. The molecule has 0 fully saturated rings. The van der Waals surface area contributed by atoms with E-state index in [1.807, 2.05) is 13.8 Å². The number of nitrogens with zero attached hydrogens (tertiary/aromatic N) is 2. The maximum Gasteiger partial charge on any atom is 0.160 e. The van der Waals surface area contributed by atoms with Crippen molar-refractivity contribution in [2.45, 2.75) is 13.8 Å². The first-order valence-corrected chi connectivity index (χ1v) is 4.32. The zero-order valence-corrected chi connectivity index (χ0v) is 12.5. The van der Waals surface area contributed by atoms with Crippen LogP contribution in [0.3, 0.4) is 0 Å². The summed E-state index contributed by atoms with van der Waals surface area (Å²) in [7, 11) is 0. The molecule has 0 bridgehead atoms. The minimum absolute atomic E-state index is 0. The first-order valence-electron chi connectivity index (χ1n) is 3.94. The van der Waals surface area contributed by atoms with E-state index in [9.17, 15) is 4.79 Å². The Labute approximate surface area is 119 Å². The third-order valence-electron chi connectivity index (χ3n) is 1.31. The summed E-state index contributed by atoms with van der Waals surface area (Å²) in [6.45, 7) is 4.00. The summed E-state index contributed by atoms with van der Waals surface area (Å²) >= 11 is 5.56. The number of rotatable bonds is 0. The maximum absolute atomic E-state index is 10.7. The van der Waals surface area contributed by atoms with Gasteiger partial charge in [-0.15, -0.1) is 0 Å². The molecule has 1 radical (unpaired) electrons. The maximum atomic E-state index is 10.7. The molecule has 0 amide bonds. The summed E-state index contributed by atoms with van der Waals surface area (Å²) in [5, 5.41) is 0.337. The Kier molecular flexibility index (Phi) is 9.21. The van der Waals surface area contributed by atoms with E-state index in [2.05, 4.69) is 15.0 Å². The van der Waals surface area contributed by atoms with Crippen molar-refractivity contribution in [3.05, 3.63) is 35.3 Å². The fourth-order valence-electron chi connectivity index (χ4n) is 0.862. The molecular formula is C9H12ClN3OY-2. The quantitative estimate of drug-likeness (QED) is 0.598. The SMILES string of the molecule is CC.O=c1[n-]c2cc(Cl)ncc2[nH]1.[CH3-].[Y]. The van der Waals surface area contributed by atoms with E-state index in [-0.39, 0.29) is 45.8 Å². The number of hydrogen-bond acceptors (Lipinski definition) is 2. The molecule has 0 saturated carbocycles. The van der Waals surface area contributed by atoms with Crippen LogP contribution < -0.4 is 10.7 Å². The number of hydrogen-bond donors (Lipinski definition) is 1. The summed E-state index contributed by atoms with van der Waals surface area (Å²) in [5.41, 5.74) is 0.790. The molecule has 2 rings (SSSR count). The molecule has 0 aromatic carbocycles. The van der Waals surface area contributed by atoms with E-state index in [1.165, 1.54) is 12.3 Å². The smallest absolute Gasteiger partial charge is 0.160 e. The number of aromatic nitrogens is 3. The topological polar surface area (TPSA) is 59.9 Å². The number of H-pyrrole nitrogens is 1. The second-order valence-electron chi connectivity index (χ2n) is 2.07. The zero-order valence-electron chi connectivity index (χ0n) is 8.91. The second-order valence-corrected chi connectivity index (χ2v) is 2.45. The predicted octanol–water partition coefficient (Wildman–Crippen LogP) is 2.01. The first kappa shape index (κ1) is 17.2. The third kappa shape index (κ3) is 4.45. The Morgan fingerprint density at radius 2 is 2.07 bits per heavy atom. The van der Waals surface area contributed by atoms with Gasteiger partial charge in [0.15, 0.2) is 5.69 Å². The molecule has 2 aromatic rings. The van der Waals surface area contributed by atoms with E-state index in [0.717, 1.165) is 0 Å². The third-order valence-corrected chi connectivity index (χ3v) is 1.52. The number of imidazole rings is 1. The summed E-state index contributed by atoms with van der Waals surface area (Å²) < 4.78 is 0. The van der Waals surface area contributed by atoms with Gasteiger partial charge in [-0.3, -0.25) is 4.79 Å². The standard InChI is InChI=1S/C6H4ClN3O.C2H6.CH3.Y/c7-5-1-3-4(2-8-5)10-6(11)9-3;1-2;;/h1-2H,(H2,8,9,10,11);1-2H3;1H3;/q;;-1;/p-1. The van der Waals surface area contributed by atoms with Crippen molar-refractivity contribution in [3.63, 3.8) is 0 Å². The average Bonchev–Trinajstić information content (AvgIpc) is 2.48. The van der Waals surface area contributed by atoms with Gasteiger partial charge in [0.25, 0.3) is 0 Å². The molecule has 0 atom stereocenters. The molecule has 6 heteroatoms. The van der Waals surface area contributed by atoms with Crippen LogP contribution in [0, 0.1) is 7.43 Å². The van der Waals surface area contributed by atoms with Gasteiger partial charge in [-0.1, -0.05) is 25.4 Å². The molecule has 1 N–H and O–H groups in total. The Bertz CT molecular complexity index is 452. The van der Waals surface area contributed by atoms with Gasteiger partial charge >= 0.3 is 0 Å². The van der Waals surface area contributed by atoms with E-state index >= 15 is 0 Å². The van der Waals surface area contributed by atoms with Crippen LogP contribution in [0.2, 0.25) is 5.15 Å². The first-order chi connectivity index (χ1) is 6.25. The molecule has 0 saturated heterocycles. The molecular weight excluding hydrogens is 290 g/mol. The van der Waals surface area contributed by atoms with Crippen LogP contribution in [0.5, 0.6) is 0 Å². The van der Waals surface area contributed by atoms with Crippen molar-refractivity contribution >= 4 is 22.6 Å². The minimum Gasteiger partial charge on any atom is -0.423 e. The van der Waals surface area contributed by atoms with Gasteiger partial charge in [-0.25, -0.2) is 4.98 Å². The van der Waals surface area contributed by atoms with E-state index in [0.29, 0.717) is 16.2 Å². The number of halogens is 1. The average molecular weight is 303 g/mol. The molecule has 0 unspecified atom stereocenters. The van der Waals surface area contributed by atoms with Crippen molar-refractivity contribution in [1.82, 2.24) is 15.0 Å². The molecule has 15 heavy (non-hydrogen) atoms. The van der Waals surface area contributed by atoms with Crippen LogP contribution in [0.25, 0.3) is 11.0 Å². The minimum atomic E-state index is -0.371. The number of fused-ring (bicyclic) bond motifs is 1. The molecule has 0 aliphatic carbocycles. The van der Waals surface area contributed by atoms with Crippen molar-refractivity contribution in [1.29, 1.82) is 0 Å². The van der Waals surface area contributed by atoms with E-state index < -0.39 is 0 Å². The van der Waals surface area contributed by atoms with Crippen LogP contribution in [-0.2, 0) is 32.7 Å². The van der Waals surface area contributed by atoms with E-state index in [1.54, 1.807) is 0 Å². The van der Waals surface area contributed by atoms with Gasteiger partial charge in [-0.2, -0.15) is 0 Å². The second kappa shape index (κ2) is 8.02. The fourth-order valence-corrected chi connectivity index (χ4v) is 1.01. The van der Waals surface area contributed by atoms with Crippen LogP contribution in [0.15, 0.2) is 17.1 Å². The van der Waals surface area contributed by atoms with Gasteiger partial charge in [0.2, 0.25) is 0 Å².